The third kappa shape index (κ3) is 4.16. The molecule has 1 unspecified atom stereocenters. The maximum absolute atomic E-state index is 12.5. The van der Waals surface area contributed by atoms with Gasteiger partial charge in [-0.2, -0.15) is 0 Å². The lowest BCUT2D eigenvalue weighted by Crippen LogP contribution is -2.51. The Morgan fingerprint density at radius 2 is 1.91 bits per heavy atom. The lowest BCUT2D eigenvalue weighted by atomic mass is 9.90. The summed E-state index contributed by atoms with van der Waals surface area (Å²) in [5.74, 6) is -1.58. The zero-order chi connectivity index (χ0) is 17.2. The molecule has 1 amide bonds. The van der Waals surface area contributed by atoms with Crippen LogP contribution in [0.5, 0.6) is 0 Å². The Morgan fingerprint density at radius 3 is 2.43 bits per heavy atom. The fourth-order valence-electron chi connectivity index (χ4n) is 2.73. The van der Waals surface area contributed by atoms with Crippen LogP contribution < -0.4 is 0 Å². The number of carbonyl (C=O) groups excluding carboxylic acids is 1. The van der Waals surface area contributed by atoms with Crippen molar-refractivity contribution in [2.75, 3.05) is 13.1 Å². The Bertz CT molecular complexity index is 612. The summed E-state index contributed by atoms with van der Waals surface area (Å²) >= 11 is 12.0. The first kappa shape index (κ1) is 18.0. The number of aliphatic carboxylic acids is 1. The van der Waals surface area contributed by atoms with Gasteiger partial charge in [-0.05, 0) is 24.1 Å². The Morgan fingerprint density at radius 1 is 1.30 bits per heavy atom. The van der Waals surface area contributed by atoms with E-state index in [4.69, 9.17) is 28.3 Å². The summed E-state index contributed by atoms with van der Waals surface area (Å²) in [7, 11) is 0. The lowest BCUT2D eigenvalue weighted by molar-refractivity contribution is -0.165. The molecule has 1 aromatic rings. The molecule has 1 aromatic carbocycles. The maximum atomic E-state index is 12.5. The number of hydrogen-bond acceptors (Lipinski definition) is 3. The number of benzene rings is 1. The summed E-state index contributed by atoms with van der Waals surface area (Å²) in [6.45, 7) is 2.28. The van der Waals surface area contributed by atoms with Gasteiger partial charge in [0.1, 0.15) is 0 Å². The molecule has 1 fully saturated rings. The molecule has 7 heteroatoms. The maximum Gasteiger partial charge on any atom is 0.335 e. The van der Waals surface area contributed by atoms with E-state index in [1.807, 2.05) is 6.92 Å². The van der Waals surface area contributed by atoms with E-state index in [-0.39, 0.29) is 37.8 Å². The van der Waals surface area contributed by atoms with Crippen LogP contribution in [0.2, 0.25) is 10.0 Å². The van der Waals surface area contributed by atoms with Crippen molar-refractivity contribution in [3.8, 4) is 0 Å². The van der Waals surface area contributed by atoms with Gasteiger partial charge in [0.25, 0.3) is 0 Å². The van der Waals surface area contributed by atoms with Crippen LogP contribution in [0.15, 0.2) is 18.2 Å². The Balaban J connectivity index is 1.97. The number of rotatable bonds is 4. The SMILES string of the molecule is CC(Cc1ccc(Cl)cc1Cl)C(=O)N1CCC(O)(C(=O)O)CC1. The summed E-state index contributed by atoms with van der Waals surface area (Å²) in [5, 5.41) is 20.0. The van der Waals surface area contributed by atoms with E-state index >= 15 is 0 Å². The van der Waals surface area contributed by atoms with Crippen LogP contribution in [0.4, 0.5) is 0 Å². The van der Waals surface area contributed by atoms with Crippen molar-refractivity contribution >= 4 is 35.1 Å². The molecule has 0 radical (unpaired) electrons. The minimum atomic E-state index is -1.72. The number of carboxylic acids is 1. The second-order valence-corrected chi connectivity index (χ2v) is 6.85. The van der Waals surface area contributed by atoms with Crippen molar-refractivity contribution in [2.24, 2.45) is 5.92 Å². The molecule has 1 aliphatic heterocycles. The molecule has 0 saturated carbocycles. The molecular formula is C16H19Cl2NO4. The van der Waals surface area contributed by atoms with E-state index in [0.29, 0.717) is 16.5 Å². The molecule has 1 heterocycles. The number of amides is 1. The molecule has 126 valence electrons. The first-order valence-corrected chi connectivity index (χ1v) is 8.17. The number of likely N-dealkylation sites (tertiary alicyclic amines) is 1. The predicted octanol–water partition coefficient (Wildman–Crippen LogP) is 2.61. The van der Waals surface area contributed by atoms with E-state index in [2.05, 4.69) is 0 Å². The zero-order valence-corrected chi connectivity index (χ0v) is 14.3. The summed E-state index contributed by atoms with van der Waals surface area (Å²) in [6, 6.07) is 5.17. The third-order valence-electron chi connectivity index (χ3n) is 4.26. The van der Waals surface area contributed by atoms with Gasteiger partial charge >= 0.3 is 5.97 Å². The van der Waals surface area contributed by atoms with Crippen LogP contribution >= 0.6 is 23.2 Å². The van der Waals surface area contributed by atoms with Gasteiger partial charge in [0.2, 0.25) is 5.91 Å². The van der Waals surface area contributed by atoms with Crippen molar-refractivity contribution in [1.29, 1.82) is 0 Å². The average Bonchev–Trinajstić information content (AvgIpc) is 2.50. The predicted molar refractivity (Wildman–Crippen MR) is 87.7 cm³/mol. The fourth-order valence-corrected chi connectivity index (χ4v) is 3.21. The molecule has 0 aliphatic carbocycles. The van der Waals surface area contributed by atoms with Gasteiger partial charge in [-0.15, -0.1) is 0 Å². The van der Waals surface area contributed by atoms with Gasteiger partial charge in [0, 0.05) is 41.9 Å². The van der Waals surface area contributed by atoms with Crippen LogP contribution in [0, 0.1) is 5.92 Å². The Labute approximate surface area is 144 Å². The minimum absolute atomic E-state index is 0.0441. The second-order valence-electron chi connectivity index (χ2n) is 6.00. The first-order valence-electron chi connectivity index (χ1n) is 7.41. The highest BCUT2D eigenvalue weighted by Crippen LogP contribution is 2.26. The molecule has 0 bridgehead atoms. The number of piperidine rings is 1. The van der Waals surface area contributed by atoms with Crippen LogP contribution in [0.3, 0.4) is 0 Å². The second kappa shape index (κ2) is 7.07. The molecule has 2 rings (SSSR count). The summed E-state index contributed by atoms with van der Waals surface area (Å²) in [5.41, 5.74) is -0.879. The largest absolute Gasteiger partial charge is 0.479 e. The van der Waals surface area contributed by atoms with Gasteiger partial charge in [0.15, 0.2) is 5.60 Å². The number of carboxylic acid groups (broad SMARTS) is 1. The van der Waals surface area contributed by atoms with Gasteiger partial charge in [-0.25, -0.2) is 4.79 Å². The van der Waals surface area contributed by atoms with Crippen LogP contribution in [0.1, 0.15) is 25.3 Å². The van der Waals surface area contributed by atoms with Crippen molar-refractivity contribution in [1.82, 2.24) is 4.90 Å². The number of nitrogens with zero attached hydrogens (tertiary/aromatic N) is 1. The van der Waals surface area contributed by atoms with Crippen LogP contribution in [-0.4, -0.2) is 45.7 Å². The molecule has 0 aromatic heterocycles. The zero-order valence-electron chi connectivity index (χ0n) is 12.8. The topological polar surface area (TPSA) is 77.8 Å². The normalized spacial score (nSPS) is 18.5. The first-order chi connectivity index (χ1) is 10.7. The standard InChI is InChI=1S/C16H19Cl2NO4/c1-10(8-11-2-3-12(17)9-13(11)18)14(20)19-6-4-16(23,5-7-19)15(21)22/h2-3,9-10,23H,4-8H2,1H3,(H,21,22). The quantitative estimate of drug-likeness (QED) is 0.865. The highest BCUT2D eigenvalue weighted by Gasteiger charge is 2.40. The lowest BCUT2D eigenvalue weighted by Gasteiger charge is -2.36. The fraction of sp³-hybridized carbons (Fsp3) is 0.500. The molecule has 1 aliphatic rings. The number of hydrogen-bond donors (Lipinski definition) is 2. The summed E-state index contributed by atoms with van der Waals surface area (Å²) in [6.07, 6.45) is 0.569. The molecule has 23 heavy (non-hydrogen) atoms. The van der Waals surface area contributed by atoms with Crippen molar-refractivity contribution < 1.29 is 19.8 Å². The van der Waals surface area contributed by atoms with Crippen LogP contribution in [0.25, 0.3) is 0 Å². The van der Waals surface area contributed by atoms with E-state index < -0.39 is 11.6 Å². The average molecular weight is 360 g/mol. The van der Waals surface area contributed by atoms with Gasteiger partial charge in [0.05, 0.1) is 0 Å². The van der Waals surface area contributed by atoms with Gasteiger partial charge < -0.3 is 15.1 Å². The van der Waals surface area contributed by atoms with Crippen molar-refractivity contribution in [2.45, 2.75) is 31.8 Å². The molecule has 2 N–H and O–H groups in total. The van der Waals surface area contributed by atoms with E-state index in [1.54, 1.807) is 23.1 Å². The smallest absolute Gasteiger partial charge is 0.335 e. The Hall–Kier alpha value is -1.30. The monoisotopic (exact) mass is 359 g/mol. The summed E-state index contributed by atoms with van der Waals surface area (Å²) < 4.78 is 0. The van der Waals surface area contributed by atoms with Crippen molar-refractivity contribution in [3.05, 3.63) is 33.8 Å². The van der Waals surface area contributed by atoms with Gasteiger partial charge in [-0.1, -0.05) is 36.2 Å². The Kier molecular flexibility index (Phi) is 5.55. The van der Waals surface area contributed by atoms with E-state index in [9.17, 15) is 14.7 Å². The molecular weight excluding hydrogens is 341 g/mol. The number of aliphatic hydroxyl groups is 1. The van der Waals surface area contributed by atoms with E-state index in [0.717, 1.165) is 5.56 Å². The number of halogens is 2. The molecule has 0 spiro atoms. The van der Waals surface area contributed by atoms with Crippen molar-refractivity contribution in [3.63, 3.8) is 0 Å². The third-order valence-corrected chi connectivity index (χ3v) is 4.85. The molecule has 5 nitrogen and oxygen atoms in total. The minimum Gasteiger partial charge on any atom is -0.479 e. The molecule has 1 saturated heterocycles. The van der Waals surface area contributed by atoms with Crippen LogP contribution in [-0.2, 0) is 16.0 Å². The highest BCUT2D eigenvalue weighted by atomic mass is 35.5. The number of carbonyl (C=O) groups is 2. The molecule has 1 atom stereocenters. The highest BCUT2D eigenvalue weighted by molar-refractivity contribution is 6.35. The van der Waals surface area contributed by atoms with Gasteiger partial charge in [-0.3, -0.25) is 4.79 Å². The van der Waals surface area contributed by atoms with E-state index in [1.165, 1.54) is 0 Å². The summed E-state index contributed by atoms with van der Waals surface area (Å²) in [4.78, 5) is 25.1.